The van der Waals surface area contributed by atoms with Crippen LogP contribution in [0.25, 0.3) is 0 Å². The molecule has 0 aliphatic heterocycles. The number of rotatable bonds is 8. The minimum absolute atomic E-state index is 0.465. The maximum absolute atomic E-state index is 8.80. The van der Waals surface area contributed by atoms with Gasteiger partial charge in [-0.25, -0.2) is 4.98 Å². The third-order valence-corrected chi connectivity index (χ3v) is 4.02. The van der Waals surface area contributed by atoms with Crippen LogP contribution < -0.4 is 10.1 Å². The Hall–Kier alpha value is -3.38. The van der Waals surface area contributed by atoms with E-state index >= 15 is 0 Å². The van der Waals surface area contributed by atoms with Gasteiger partial charge in [-0.05, 0) is 60.9 Å². The molecule has 0 radical (unpaired) electrons. The molecule has 0 saturated carbocycles. The van der Waals surface area contributed by atoms with E-state index in [0.717, 1.165) is 31.5 Å². The Morgan fingerprint density at radius 3 is 2.66 bits per heavy atom. The van der Waals surface area contributed by atoms with Crippen LogP contribution in [-0.2, 0) is 6.54 Å². The van der Waals surface area contributed by atoms with Crippen molar-refractivity contribution in [2.75, 3.05) is 6.54 Å². The molecule has 1 aromatic heterocycles. The number of benzene rings is 1. The van der Waals surface area contributed by atoms with E-state index < -0.39 is 0 Å². The van der Waals surface area contributed by atoms with Crippen molar-refractivity contribution in [3.8, 4) is 11.9 Å². The predicted molar refractivity (Wildman–Crippen MR) is 117 cm³/mol. The molecule has 0 bridgehead atoms. The number of nitrogens with zero attached hydrogens (tertiary/aromatic N) is 2. The second kappa shape index (κ2) is 12.9. The fourth-order valence-electron chi connectivity index (χ4n) is 2.60. The number of ether oxygens (including phenoxy) is 1. The average molecular weight is 386 g/mol. The van der Waals surface area contributed by atoms with Gasteiger partial charge in [-0.2, -0.15) is 5.26 Å². The van der Waals surface area contributed by atoms with Gasteiger partial charge in [-0.1, -0.05) is 44.2 Å². The molecule has 1 aliphatic carbocycles. The lowest BCUT2D eigenvalue weighted by atomic mass is 10.1. The molecule has 0 saturated heterocycles. The molecule has 1 aromatic carbocycles. The first-order valence-corrected chi connectivity index (χ1v) is 9.96. The van der Waals surface area contributed by atoms with Crippen LogP contribution in [-0.4, -0.2) is 11.5 Å². The first-order valence-electron chi connectivity index (χ1n) is 9.96. The van der Waals surface area contributed by atoms with Crippen molar-refractivity contribution in [3.63, 3.8) is 0 Å². The summed E-state index contributed by atoms with van der Waals surface area (Å²) in [6, 6.07) is 15.8. The van der Waals surface area contributed by atoms with Gasteiger partial charge in [0.05, 0.1) is 5.56 Å². The Labute approximate surface area is 173 Å². The molecule has 4 nitrogen and oxygen atoms in total. The van der Waals surface area contributed by atoms with Gasteiger partial charge in [0.25, 0.3) is 0 Å². The summed E-state index contributed by atoms with van der Waals surface area (Å²) in [7, 11) is 0. The zero-order chi connectivity index (χ0) is 20.7. The summed E-state index contributed by atoms with van der Waals surface area (Å²) in [6.07, 6.45) is 11.2. The molecule has 1 N–H and O–H groups in total. The number of aromatic nitrogens is 1. The second-order valence-electron chi connectivity index (χ2n) is 6.10. The summed E-state index contributed by atoms with van der Waals surface area (Å²) in [6.45, 7) is 5.85. The minimum Gasteiger partial charge on any atom is -0.439 e. The lowest BCUT2D eigenvalue weighted by Crippen LogP contribution is -2.14. The number of allylic oxidation sites excluding steroid dienone is 4. The van der Waals surface area contributed by atoms with Crippen molar-refractivity contribution in [2.24, 2.45) is 0 Å². The summed E-state index contributed by atoms with van der Waals surface area (Å²) in [4.78, 5) is 4.12. The molecule has 0 unspecified atom stereocenters. The summed E-state index contributed by atoms with van der Waals surface area (Å²) in [5.74, 6) is 1.16. The molecule has 148 valence electrons. The second-order valence-corrected chi connectivity index (χ2v) is 6.10. The number of hydrogen-bond donors (Lipinski definition) is 1. The maximum atomic E-state index is 8.80. The molecular weight excluding hydrogens is 358 g/mol. The SMILES string of the molecule is CC.N#Cc1ccc(OC2=CC=C=C(CCCNCc3ccccc3)C=C2)nc1. The zero-order valence-electron chi connectivity index (χ0n) is 17.1. The van der Waals surface area contributed by atoms with Crippen molar-refractivity contribution in [3.05, 3.63) is 101 Å². The Balaban J connectivity index is 0.00000145. The highest BCUT2D eigenvalue weighted by Gasteiger charge is 2.02. The Bertz CT molecular complexity index is 913. The number of nitrogens with one attached hydrogen (secondary N) is 1. The van der Waals surface area contributed by atoms with Gasteiger partial charge < -0.3 is 10.1 Å². The van der Waals surface area contributed by atoms with Crippen molar-refractivity contribution in [1.29, 1.82) is 5.26 Å². The predicted octanol–water partition coefficient (Wildman–Crippen LogP) is 5.46. The van der Waals surface area contributed by atoms with E-state index in [1.165, 1.54) is 11.8 Å². The van der Waals surface area contributed by atoms with Crippen LogP contribution in [0.1, 0.15) is 37.8 Å². The van der Waals surface area contributed by atoms with E-state index in [2.05, 4.69) is 40.3 Å². The Morgan fingerprint density at radius 2 is 1.93 bits per heavy atom. The van der Waals surface area contributed by atoms with Crippen molar-refractivity contribution >= 4 is 0 Å². The summed E-state index contributed by atoms with van der Waals surface area (Å²) in [5.41, 5.74) is 6.23. The fraction of sp³-hybridized carbons (Fsp3) is 0.240. The molecule has 29 heavy (non-hydrogen) atoms. The van der Waals surface area contributed by atoms with E-state index in [4.69, 9.17) is 10.00 Å². The van der Waals surface area contributed by atoms with Crippen LogP contribution in [0.4, 0.5) is 0 Å². The minimum atomic E-state index is 0.465. The quantitative estimate of drug-likeness (QED) is 0.484. The van der Waals surface area contributed by atoms with E-state index in [-0.39, 0.29) is 0 Å². The molecule has 3 rings (SSSR count). The van der Waals surface area contributed by atoms with Crippen LogP contribution in [0.2, 0.25) is 0 Å². The monoisotopic (exact) mass is 385 g/mol. The normalized spacial score (nSPS) is 12.0. The molecule has 1 heterocycles. The average Bonchev–Trinajstić information content (AvgIpc) is 3.01. The molecular formula is C25H27N3O. The van der Waals surface area contributed by atoms with Crippen LogP contribution in [0.5, 0.6) is 5.88 Å². The molecule has 0 fully saturated rings. The van der Waals surface area contributed by atoms with Crippen molar-refractivity contribution in [2.45, 2.75) is 33.2 Å². The molecule has 0 amide bonds. The summed E-state index contributed by atoms with van der Waals surface area (Å²) in [5, 5.41) is 12.3. The highest BCUT2D eigenvalue weighted by molar-refractivity contribution is 5.34. The third-order valence-electron chi connectivity index (χ3n) is 4.02. The van der Waals surface area contributed by atoms with Crippen molar-refractivity contribution in [1.82, 2.24) is 10.3 Å². The first-order chi connectivity index (χ1) is 14.3. The van der Waals surface area contributed by atoms with Gasteiger partial charge in [0.2, 0.25) is 5.88 Å². The molecule has 4 heteroatoms. The molecule has 2 aromatic rings. The van der Waals surface area contributed by atoms with Gasteiger partial charge >= 0.3 is 0 Å². The van der Waals surface area contributed by atoms with Crippen LogP contribution in [0.15, 0.2) is 90.0 Å². The van der Waals surface area contributed by atoms with Gasteiger partial charge in [-0.3, -0.25) is 0 Å². The van der Waals surface area contributed by atoms with Crippen LogP contribution in [0.3, 0.4) is 0 Å². The van der Waals surface area contributed by atoms with E-state index in [9.17, 15) is 0 Å². The first kappa shape index (κ1) is 21.9. The topological polar surface area (TPSA) is 57.9 Å². The smallest absolute Gasteiger partial charge is 0.219 e. The number of nitriles is 1. The van der Waals surface area contributed by atoms with E-state index in [1.807, 2.05) is 50.3 Å². The van der Waals surface area contributed by atoms with Gasteiger partial charge in [0, 0.05) is 18.8 Å². The summed E-state index contributed by atoms with van der Waals surface area (Å²) >= 11 is 0. The highest BCUT2D eigenvalue weighted by atomic mass is 16.5. The standard InChI is InChI=1S/C23H21N3O.C2H6/c24-16-21-12-14-23(26-18-21)27-22-10-4-8-19(11-13-22)9-5-15-25-17-20-6-2-1-3-7-20;1-2/h1-4,6-7,10-14,18,25H,5,9,15,17H2;1-2H3. The van der Waals surface area contributed by atoms with Crippen LogP contribution in [0, 0.1) is 11.3 Å². The van der Waals surface area contributed by atoms with E-state index in [0.29, 0.717) is 17.2 Å². The Morgan fingerprint density at radius 1 is 1.10 bits per heavy atom. The van der Waals surface area contributed by atoms with Gasteiger partial charge in [0.1, 0.15) is 11.8 Å². The van der Waals surface area contributed by atoms with Crippen molar-refractivity contribution < 1.29 is 4.74 Å². The zero-order valence-corrected chi connectivity index (χ0v) is 17.1. The third kappa shape index (κ3) is 8.02. The number of pyridine rings is 1. The van der Waals surface area contributed by atoms with Crippen LogP contribution >= 0.6 is 0 Å². The lowest BCUT2D eigenvalue weighted by molar-refractivity contribution is 0.426. The molecule has 1 aliphatic rings. The highest BCUT2D eigenvalue weighted by Crippen LogP contribution is 2.15. The number of hydrogen-bond acceptors (Lipinski definition) is 4. The largest absolute Gasteiger partial charge is 0.439 e. The fourth-order valence-corrected chi connectivity index (χ4v) is 2.60. The molecule has 0 atom stereocenters. The summed E-state index contributed by atoms with van der Waals surface area (Å²) < 4.78 is 5.73. The molecule has 0 spiro atoms. The lowest BCUT2D eigenvalue weighted by Gasteiger charge is -2.05. The maximum Gasteiger partial charge on any atom is 0.219 e. The van der Waals surface area contributed by atoms with E-state index in [1.54, 1.807) is 12.1 Å². The van der Waals surface area contributed by atoms with Gasteiger partial charge in [0.15, 0.2) is 0 Å². The van der Waals surface area contributed by atoms with Gasteiger partial charge in [-0.15, -0.1) is 5.73 Å². The Kier molecular flexibility index (Phi) is 9.75.